The average molecular weight is 886 g/mol. The minimum Gasteiger partial charge on any atom is -0.490 e. The zero-order chi connectivity index (χ0) is 43.9. The van der Waals surface area contributed by atoms with Gasteiger partial charge >= 0.3 is 23.9 Å². The molecule has 2 N–H and O–H groups in total. The first-order valence-corrected chi connectivity index (χ1v) is 21.7. The topological polar surface area (TPSA) is 221 Å². The number of aromatic nitrogens is 1. The smallest absolute Gasteiger partial charge is 0.305 e. The molecule has 3 aromatic rings. The van der Waals surface area contributed by atoms with Crippen molar-refractivity contribution in [2.45, 2.75) is 120 Å². The van der Waals surface area contributed by atoms with Crippen LogP contribution in [0.1, 0.15) is 77.3 Å². The molecule has 17 nitrogen and oxygen atoms in total. The molecule has 2 aliphatic carbocycles. The minimum atomic E-state index is -3.99. The van der Waals surface area contributed by atoms with Gasteiger partial charge in [-0.2, -0.15) is 0 Å². The van der Waals surface area contributed by atoms with Crippen molar-refractivity contribution in [1.82, 2.24) is 15.0 Å². The standard InChI is InChI=1S/C42H48ClN3O14S/c1-24(47)55-36-37(56-25(2)48)39(57-26(3)49)41(58-27(4)50)60-38(36)40(51)45-18-7-8-19-46-61(52,53)30-13-14-34(43)28(21-30)23-54-42(16-17-42)33-22-44-20-15-31(33)32-9-5-6-10-35(32)59-29-11-12-29/h5-6,9-10,13-15,20-22,29,36-39,41,46H,7-8,11-12,16-19,23H2,1-4H3,(H,45,51)/t36-,37-,38-,39+,41?/m0/s1. The van der Waals surface area contributed by atoms with Crippen LogP contribution in [0.15, 0.2) is 65.8 Å². The van der Waals surface area contributed by atoms with Gasteiger partial charge in [-0.15, -0.1) is 0 Å². The molecule has 1 unspecified atom stereocenters. The van der Waals surface area contributed by atoms with Gasteiger partial charge in [-0.1, -0.05) is 29.8 Å². The second-order valence-corrected chi connectivity index (χ2v) is 17.1. The molecule has 1 aromatic heterocycles. The fraction of sp³-hybridized carbons (Fsp3) is 0.476. The lowest BCUT2D eigenvalue weighted by atomic mass is 9.96. The number of nitrogens with zero attached hydrogens (tertiary/aromatic N) is 1. The van der Waals surface area contributed by atoms with Crippen molar-refractivity contribution in [1.29, 1.82) is 0 Å². The highest BCUT2D eigenvalue weighted by molar-refractivity contribution is 7.89. The van der Waals surface area contributed by atoms with Gasteiger partial charge in [0.05, 0.1) is 23.2 Å². The Morgan fingerprint density at radius 1 is 0.820 bits per heavy atom. The number of ether oxygens (including phenoxy) is 7. The van der Waals surface area contributed by atoms with Gasteiger partial charge in [0.15, 0.2) is 18.3 Å². The number of esters is 4. The molecule has 328 valence electrons. The second kappa shape index (κ2) is 19.7. The summed E-state index contributed by atoms with van der Waals surface area (Å²) in [7, 11) is -3.99. The van der Waals surface area contributed by atoms with Crippen molar-refractivity contribution in [3.63, 3.8) is 0 Å². The number of sulfonamides is 1. The van der Waals surface area contributed by atoms with Crippen LogP contribution in [-0.4, -0.2) is 93.1 Å². The predicted molar refractivity (Wildman–Crippen MR) is 215 cm³/mol. The highest BCUT2D eigenvalue weighted by Gasteiger charge is 2.55. The summed E-state index contributed by atoms with van der Waals surface area (Å²) in [5, 5.41) is 2.96. The molecule has 19 heteroatoms. The monoisotopic (exact) mass is 885 g/mol. The van der Waals surface area contributed by atoms with E-state index in [4.69, 9.17) is 44.8 Å². The number of para-hydroxylation sites is 1. The molecule has 2 saturated carbocycles. The number of unbranched alkanes of at least 4 members (excludes halogenated alkanes) is 1. The number of benzene rings is 2. The van der Waals surface area contributed by atoms with Crippen LogP contribution in [0.3, 0.4) is 0 Å². The fourth-order valence-corrected chi connectivity index (χ4v) is 8.19. The first-order chi connectivity index (χ1) is 29.1. The molecular formula is C42H48ClN3O14S. The zero-order valence-electron chi connectivity index (χ0n) is 34.1. The number of pyridine rings is 1. The zero-order valence-corrected chi connectivity index (χ0v) is 35.6. The molecule has 0 radical (unpaired) electrons. The van der Waals surface area contributed by atoms with Crippen LogP contribution in [-0.2, 0) is 74.6 Å². The molecule has 6 rings (SSSR count). The van der Waals surface area contributed by atoms with Crippen molar-refractivity contribution < 1.29 is 65.5 Å². The van der Waals surface area contributed by atoms with Crippen molar-refractivity contribution in [3.8, 4) is 16.9 Å². The van der Waals surface area contributed by atoms with E-state index in [2.05, 4.69) is 15.0 Å². The maximum atomic E-state index is 13.4. The fourth-order valence-electron chi connectivity index (χ4n) is 6.89. The van der Waals surface area contributed by atoms with Crippen LogP contribution in [0.25, 0.3) is 11.1 Å². The Hall–Kier alpha value is -5.14. The summed E-state index contributed by atoms with van der Waals surface area (Å²) in [5.41, 5.74) is 2.68. The Bertz CT molecular complexity index is 2230. The van der Waals surface area contributed by atoms with Gasteiger partial charge in [-0.05, 0) is 80.0 Å². The summed E-state index contributed by atoms with van der Waals surface area (Å²) >= 11 is 6.55. The van der Waals surface area contributed by atoms with Crippen LogP contribution in [0, 0.1) is 0 Å². The van der Waals surface area contributed by atoms with E-state index in [-0.39, 0.29) is 43.5 Å². The molecule has 2 heterocycles. The van der Waals surface area contributed by atoms with E-state index in [1.165, 1.54) is 18.2 Å². The van der Waals surface area contributed by atoms with E-state index in [1.54, 1.807) is 6.20 Å². The number of hydrogen-bond acceptors (Lipinski definition) is 15. The van der Waals surface area contributed by atoms with E-state index >= 15 is 0 Å². The molecule has 3 fully saturated rings. The molecule has 1 saturated heterocycles. The van der Waals surface area contributed by atoms with Gasteiger partial charge in [0.25, 0.3) is 5.91 Å². The molecule has 61 heavy (non-hydrogen) atoms. The highest BCUT2D eigenvalue weighted by atomic mass is 35.5. The third-order valence-electron chi connectivity index (χ3n) is 9.98. The highest BCUT2D eigenvalue weighted by Crippen LogP contribution is 2.53. The van der Waals surface area contributed by atoms with E-state index in [1.807, 2.05) is 36.5 Å². The van der Waals surface area contributed by atoms with E-state index in [9.17, 15) is 32.4 Å². The molecule has 1 amide bonds. The summed E-state index contributed by atoms with van der Waals surface area (Å²) in [5.74, 6) is -3.49. The molecule has 1 aliphatic heterocycles. The number of amides is 1. The van der Waals surface area contributed by atoms with E-state index in [0.29, 0.717) is 10.6 Å². The summed E-state index contributed by atoms with van der Waals surface area (Å²) in [4.78, 5) is 65.6. The van der Waals surface area contributed by atoms with Gasteiger partial charge < -0.3 is 38.5 Å². The van der Waals surface area contributed by atoms with Crippen LogP contribution in [0.5, 0.6) is 5.75 Å². The lowest BCUT2D eigenvalue weighted by Gasteiger charge is -2.43. The van der Waals surface area contributed by atoms with Crippen molar-refractivity contribution in [2.75, 3.05) is 13.1 Å². The quantitative estimate of drug-likeness (QED) is 0.0968. The number of halogens is 1. The summed E-state index contributed by atoms with van der Waals surface area (Å²) in [6.45, 7) is 4.26. The Morgan fingerprint density at radius 3 is 2.15 bits per heavy atom. The summed E-state index contributed by atoms with van der Waals surface area (Å²) in [6.07, 6.45) is -0.252. The number of nitrogens with one attached hydrogen (secondary N) is 2. The first-order valence-electron chi connectivity index (χ1n) is 19.8. The van der Waals surface area contributed by atoms with Gasteiger partial charge in [-0.3, -0.25) is 29.0 Å². The van der Waals surface area contributed by atoms with E-state index < -0.39 is 76.1 Å². The second-order valence-electron chi connectivity index (χ2n) is 14.9. The van der Waals surface area contributed by atoms with Gasteiger partial charge in [0.2, 0.25) is 22.4 Å². The van der Waals surface area contributed by atoms with Gasteiger partial charge in [-0.25, -0.2) is 13.1 Å². The normalized spacial score (nSPS) is 21.7. The van der Waals surface area contributed by atoms with Crippen LogP contribution in [0.4, 0.5) is 0 Å². The molecular weight excluding hydrogens is 838 g/mol. The molecule has 2 aromatic carbocycles. The third kappa shape index (κ3) is 11.8. The Morgan fingerprint density at radius 2 is 1.48 bits per heavy atom. The van der Waals surface area contributed by atoms with Crippen LogP contribution < -0.4 is 14.8 Å². The summed E-state index contributed by atoms with van der Waals surface area (Å²) in [6, 6.07) is 14.2. The Balaban J connectivity index is 1.04. The SMILES string of the molecule is CC(=O)OC1O[C@H](C(=O)NCCCCNS(=O)(=O)c2ccc(Cl)c(COC3(c4cnccc4-c4ccccc4OC4CC4)CC3)c2)[C@@H](OC(C)=O)[C@H](OC(C)=O)[C@H]1OC(C)=O. The molecule has 5 atom stereocenters. The Kier molecular flexibility index (Phi) is 14.7. The number of carbonyl (C=O) groups excluding carboxylic acids is 5. The van der Waals surface area contributed by atoms with Crippen molar-refractivity contribution >= 4 is 51.4 Å². The van der Waals surface area contributed by atoms with Crippen LogP contribution >= 0.6 is 11.6 Å². The maximum absolute atomic E-state index is 13.4. The Labute approximate surface area is 358 Å². The van der Waals surface area contributed by atoms with Crippen molar-refractivity contribution in [2.24, 2.45) is 0 Å². The van der Waals surface area contributed by atoms with Crippen LogP contribution in [0.2, 0.25) is 5.02 Å². The average Bonchev–Trinajstić information content (AvgIpc) is 4.15. The number of carbonyl (C=O) groups is 5. The van der Waals surface area contributed by atoms with Gasteiger partial charge in [0, 0.05) is 69.3 Å². The van der Waals surface area contributed by atoms with Crippen molar-refractivity contribution in [3.05, 3.63) is 77.1 Å². The predicted octanol–water partition coefficient (Wildman–Crippen LogP) is 4.41. The van der Waals surface area contributed by atoms with Gasteiger partial charge in [0.1, 0.15) is 5.75 Å². The maximum Gasteiger partial charge on any atom is 0.305 e. The number of rotatable bonds is 19. The lowest BCUT2D eigenvalue weighted by molar-refractivity contribution is -0.290. The third-order valence-corrected chi connectivity index (χ3v) is 11.8. The minimum absolute atomic E-state index is 0.00854. The largest absolute Gasteiger partial charge is 0.490 e. The lowest BCUT2D eigenvalue weighted by Crippen LogP contribution is -2.65. The van der Waals surface area contributed by atoms with E-state index in [0.717, 1.165) is 75.8 Å². The molecule has 3 aliphatic rings. The summed E-state index contributed by atoms with van der Waals surface area (Å²) < 4.78 is 68.7. The first kappa shape index (κ1) is 45.4. The molecule has 0 bridgehead atoms. The molecule has 0 spiro atoms. The number of hydrogen-bond donors (Lipinski definition) is 2.